The number of nitrogens with one attached hydrogen (secondary N) is 1. The second-order valence-electron chi connectivity index (χ2n) is 4.19. The molecule has 0 radical (unpaired) electrons. The van der Waals surface area contributed by atoms with Crippen LogP contribution in [-0.4, -0.2) is 5.91 Å². The lowest BCUT2D eigenvalue weighted by Gasteiger charge is -2.06. The van der Waals surface area contributed by atoms with Gasteiger partial charge < -0.3 is 5.32 Å². The Morgan fingerprint density at radius 2 is 1.89 bits per heavy atom. The summed E-state index contributed by atoms with van der Waals surface area (Å²) in [6, 6.07) is 15.7. The third-order valence-electron chi connectivity index (χ3n) is 2.67. The SMILES string of the molecule is Cc1cc(I)ccc1NC(=O)C=Cc1ccccc1. The quantitative estimate of drug-likeness (QED) is 0.641. The maximum atomic E-state index is 11.8. The standard InChI is InChI=1S/C16H14INO/c1-12-11-14(17)8-9-15(12)18-16(19)10-7-13-5-3-2-4-6-13/h2-11H,1H3,(H,18,19). The number of carbonyl (C=O) groups is 1. The van der Waals surface area contributed by atoms with Gasteiger partial charge in [0, 0.05) is 15.3 Å². The van der Waals surface area contributed by atoms with Crippen LogP contribution in [0.3, 0.4) is 0 Å². The first-order chi connectivity index (χ1) is 9.15. The second kappa shape index (κ2) is 6.52. The van der Waals surface area contributed by atoms with Crippen molar-refractivity contribution < 1.29 is 4.79 Å². The molecule has 19 heavy (non-hydrogen) atoms. The summed E-state index contributed by atoms with van der Waals surface area (Å²) in [5, 5.41) is 2.88. The van der Waals surface area contributed by atoms with Crippen LogP contribution in [0, 0.1) is 10.5 Å². The number of anilines is 1. The van der Waals surface area contributed by atoms with Crippen LogP contribution in [0.4, 0.5) is 5.69 Å². The fourth-order valence-electron chi connectivity index (χ4n) is 1.68. The molecule has 0 heterocycles. The Morgan fingerprint density at radius 1 is 1.16 bits per heavy atom. The molecule has 0 spiro atoms. The van der Waals surface area contributed by atoms with Gasteiger partial charge in [-0.25, -0.2) is 0 Å². The highest BCUT2D eigenvalue weighted by molar-refractivity contribution is 14.1. The molecule has 0 aliphatic rings. The number of carbonyl (C=O) groups excluding carboxylic acids is 1. The molecule has 2 aromatic carbocycles. The molecule has 2 rings (SSSR count). The molecule has 2 aromatic rings. The summed E-state index contributed by atoms with van der Waals surface area (Å²) < 4.78 is 1.16. The maximum Gasteiger partial charge on any atom is 0.248 e. The van der Waals surface area contributed by atoms with Crippen LogP contribution in [0.5, 0.6) is 0 Å². The number of aryl methyl sites for hydroxylation is 1. The van der Waals surface area contributed by atoms with Crippen molar-refractivity contribution in [2.75, 3.05) is 5.32 Å². The number of halogens is 1. The average molecular weight is 363 g/mol. The molecule has 96 valence electrons. The van der Waals surface area contributed by atoms with Gasteiger partial charge in [0.2, 0.25) is 5.91 Å². The minimum absolute atomic E-state index is 0.117. The lowest BCUT2D eigenvalue weighted by molar-refractivity contribution is -0.111. The first kappa shape index (κ1) is 13.8. The van der Waals surface area contributed by atoms with Crippen LogP contribution in [0.25, 0.3) is 6.08 Å². The Balaban J connectivity index is 2.04. The van der Waals surface area contributed by atoms with Gasteiger partial charge in [0.15, 0.2) is 0 Å². The zero-order valence-electron chi connectivity index (χ0n) is 10.6. The summed E-state index contributed by atoms with van der Waals surface area (Å²) >= 11 is 2.25. The van der Waals surface area contributed by atoms with Crippen molar-refractivity contribution in [2.24, 2.45) is 0 Å². The van der Waals surface area contributed by atoms with Gasteiger partial charge in [-0.1, -0.05) is 30.3 Å². The van der Waals surface area contributed by atoms with E-state index in [4.69, 9.17) is 0 Å². The molecule has 0 aromatic heterocycles. The van der Waals surface area contributed by atoms with E-state index in [1.54, 1.807) is 12.2 Å². The topological polar surface area (TPSA) is 29.1 Å². The predicted molar refractivity (Wildman–Crippen MR) is 88.0 cm³/mol. The number of amides is 1. The van der Waals surface area contributed by atoms with Crippen LogP contribution < -0.4 is 5.32 Å². The van der Waals surface area contributed by atoms with E-state index in [1.807, 2.05) is 55.5 Å². The molecular formula is C16H14INO. The lowest BCUT2D eigenvalue weighted by Crippen LogP contribution is -2.08. The highest BCUT2D eigenvalue weighted by Gasteiger charge is 2.01. The van der Waals surface area contributed by atoms with Crippen LogP contribution in [0.1, 0.15) is 11.1 Å². The first-order valence-corrected chi connectivity index (χ1v) is 7.03. The van der Waals surface area contributed by atoms with E-state index in [2.05, 4.69) is 27.9 Å². The Labute approximate surface area is 126 Å². The van der Waals surface area contributed by atoms with Crippen LogP contribution in [0.2, 0.25) is 0 Å². The summed E-state index contributed by atoms with van der Waals surface area (Å²) in [7, 11) is 0. The van der Waals surface area contributed by atoms with Gasteiger partial charge in [0.25, 0.3) is 0 Å². The summed E-state index contributed by atoms with van der Waals surface area (Å²) in [4.78, 5) is 11.8. The highest BCUT2D eigenvalue weighted by Crippen LogP contribution is 2.17. The Hall–Kier alpha value is -1.62. The third kappa shape index (κ3) is 4.21. The molecule has 0 saturated heterocycles. The van der Waals surface area contributed by atoms with E-state index in [-0.39, 0.29) is 5.91 Å². The zero-order chi connectivity index (χ0) is 13.7. The molecule has 0 saturated carbocycles. The van der Waals surface area contributed by atoms with E-state index >= 15 is 0 Å². The van der Waals surface area contributed by atoms with Crippen molar-refractivity contribution in [1.82, 2.24) is 0 Å². The van der Waals surface area contributed by atoms with Gasteiger partial charge in [-0.3, -0.25) is 4.79 Å². The van der Waals surface area contributed by atoms with Gasteiger partial charge in [-0.2, -0.15) is 0 Å². The molecule has 0 fully saturated rings. The fourth-order valence-corrected chi connectivity index (χ4v) is 2.32. The van der Waals surface area contributed by atoms with Crippen molar-refractivity contribution in [2.45, 2.75) is 6.92 Å². The summed E-state index contributed by atoms with van der Waals surface area (Å²) in [5.41, 5.74) is 2.92. The third-order valence-corrected chi connectivity index (χ3v) is 3.34. The zero-order valence-corrected chi connectivity index (χ0v) is 12.7. The van der Waals surface area contributed by atoms with E-state index in [9.17, 15) is 4.79 Å². The monoisotopic (exact) mass is 363 g/mol. The number of benzene rings is 2. The summed E-state index contributed by atoms with van der Waals surface area (Å²) in [6.45, 7) is 1.98. The molecule has 0 unspecified atom stereocenters. The summed E-state index contributed by atoms with van der Waals surface area (Å²) in [5.74, 6) is -0.117. The van der Waals surface area contributed by atoms with E-state index < -0.39 is 0 Å². The van der Waals surface area contributed by atoms with Crippen molar-refractivity contribution in [3.05, 3.63) is 69.3 Å². The van der Waals surface area contributed by atoms with Crippen molar-refractivity contribution in [1.29, 1.82) is 0 Å². The van der Waals surface area contributed by atoms with E-state index in [0.29, 0.717) is 0 Å². The molecule has 3 heteroatoms. The molecular weight excluding hydrogens is 349 g/mol. The minimum atomic E-state index is -0.117. The largest absolute Gasteiger partial charge is 0.322 e. The molecule has 0 bridgehead atoms. The average Bonchev–Trinajstić information content (AvgIpc) is 2.41. The molecule has 1 N–H and O–H groups in total. The fraction of sp³-hybridized carbons (Fsp3) is 0.0625. The molecule has 1 amide bonds. The summed E-state index contributed by atoms with van der Waals surface area (Å²) in [6.07, 6.45) is 3.35. The van der Waals surface area contributed by atoms with Gasteiger partial charge in [0.1, 0.15) is 0 Å². The van der Waals surface area contributed by atoms with Gasteiger partial charge >= 0.3 is 0 Å². The maximum absolute atomic E-state index is 11.8. The number of rotatable bonds is 3. The molecule has 0 aliphatic carbocycles. The lowest BCUT2D eigenvalue weighted by atomic mass is 10.2. The van der Waals surface area contributed by atoms with E-state index in [0.717, 1.165) is 20.4 Å². The van der Waals surface area contributed by atoms with Gasteiger partial charge in [-0.05, 0) is 64.9 Å². The molecule has 0 atom stereocenters. The Kier molecular flexibility index (Phi) is 4.74. The van der Waals surface area contributed by atoms with E-state index in [1.165, 1.54) is 0 Å². The Bertz CT molecular complexity index is 605. The smallest absolute Gasteiger partial charge is 0.248 e. The number of hydrogen-bond donors (Lipinski definition) is 1. The first-order valence-electron chi connectivity index (χ1n) is 5.95. The minimum Gasteiger partial charge on any atom is -0.322 e. The van der Waals surface area contributed by atoms with Crippen LogP contribution in [0.15, 0.2) is 54.6 Å². The second-order valence-corrected chi connectivity index (χ2v) is 5.44. The molecule has 2 nitrogen and oxygen atoms in total. The predicted octanol–water partition coefficient (Wildman–Crippen LogP) is 4.25. The van der Waals surface area contributed by atoms with Crippen molar-refractivity contribution >= 4 is 40.3 Å². The van der Waals surface area contributed by atoms with Crippen LogP contribution in [-0.2, 0) is 4.79 Å². The van der Waals surface area contributed by atoms with Gasteiger partial charge in [0.05, 0.1) is 0 Å². The molecule has 0 aliphatic heterocycles. The normalized spacial score (nSPS) is 10.6. The number of hydrogen-bond acceptors (Lipinski definition) is 1. The van der Waals surface area contributed by atoms with Crippen molar-refractivity contribution in [3.8, 4) is 0 Å². The highest BCUT2D eigenvalue weighted by atomic mass is 127. The van der Waals surface area contributed by atoms with Crippen LogP contribution >= 0.6 is 22.6 Å². The van der Waals surface area contributed by atoms with Gasteiger partial charge in [-0.15, -0.1) is 0 Å². The Morgan fingerprint density at radius 3 is 2.58 bits per heavy atom. The van der Waals surface area contributed by atoms with Crippen molar-refractivity contribution in [3.63, 3.8) is 0 Å².